The summed E-state index contributed by atoms with van der Waals surface area (Å²) in [4.78, 5) is 21.6. The number of hydrogen-bond acceptors (Lipinski definition) is 4. The van der Waals surface area contributed by atoms with E-state index in [1.54, 1.807) is 0 Å². The van der Waals surface area contributed by atoms with Crippen LogP contribution in [0.5, 0.6) is 0 Å². The fraction of sp³-hybridized carbons (Fsp3) is 0.385. The largest absolute Gasteiger partial charge is 0.338 e. The Balaban J connectivity index is 2.47. The average molecular weight is 264 g/mol. The lowest BCUT2D eigenvalue weighted by Gasteiger charge is -2.18. The van der Waals surface area contributed by atoms with Gasteiger partial charge in [0.15, 0.2) is 0 Å². The second kappa shape index (κ2) is 8.10. The van der Waals surface area contributed by atoms with Crippen LogP contribution in [0.3, 0.4) is 0 Å². The first-order chi connectivity index (χ1) is 9.15. The third kappa shape index (κ3) is 5.87. The summed E-state index contributed by atoms with van der Waals surface area (Å²) in [6.07, 6.45) is 1.37. The standard InChI is InChI=1S/C13H20N4O2/c1-3-14-13(19)15-11-5-7-12(8-6-11)16-17(2)9-4-10-18/h5-8,10,16H,3-4,9H2,1-2H3,(H2,14,15,19). The Morgan fingerprint density at radius 3 is 2.47 bits per heavy atom. The highest BCUT2D eigenvalue weighted by molar-refractivity contribution is 5.89. The van der Waals surface area contributed by atoms with Crippen molar-refractivity contribution in [3.05, 3.63) is 24.3 Å². The number of rotatable bonds is 7. The number of anilines is 2. The van der Waals surface area contributed by atoms with Gasteiger partial charge in [-0.2, -0.15) is 0 Å². The number of hydrazine groups is 1. The summed E-state index contributed by atoms with van der Waals surface area (Å²) in [7, 11) is 1.87. The molecule has 0 spiro atoms. The molecule has 0 atom stereocenters. The van der Waals surface area contributed by atoms with Gasteiger partial charge in [0.05, 0.1) is 0 Å². The molecule has 0 aliphatic carbocycles. The van der Waals surface area contributed by atoms with Gasteiger partial charge in [-0.15, -0.1) is 0 Å². The Labute approximate surface area is 113 Å². The van der Waals surface area contributed by atoms with E-state index in [-0.39, 0.29) is 6.03 Å². The predicted molar refractivity (Wildman–Crippen MR) is 76.1 cm³/mol. The van der Waals surface area contributed by atoms with Gasteiger partial charge in [-0.3, -0.25) is 0 Å². The molecule has 0 aliphatic heterocycles. The van der Waals surface area contributed by atoms with Crippen LogP contribution in [0.4, 0.5) is 16.2 Å². The predicted octanol–water partition coefficient (Wildman–Crippen LogP) is 1.68. The van der Waals surface area contributed by atoms with Crippen LogP contribution in [-0.4, -0.2) is 37.5 Å². The molecule has 6 heteroatoms. The van der Waals surface area contributed by atoms with Crippen LogP contribution in [0.25, 0.3) is 0 Å². The van der Waals surface area contributed by atoms with Crippen molar-refractivity contribution in [1.29, 1.82) is 0 Å². The zero-order chi connectivity index (χ0) is 14.1. The van der Waals surface area contributed by atoms with E-state index in [1.165, 1.54) is 0 Å². The van der Waals surface area contributed by atoms with E-state index in [0.717, 1.165) is 17.7 Å². The molecule has 2 amide bonds. The number of carbonyl (C=O) groups excluding carboxylic acids is 2. The Morgan fingerprint density at radius 2 is 1.89 bits per heavy atom. The van der Waals surface area contributed by atoms with Gasteiger partial charge in [0.2, 0.25) is 0 Å². The normalized spacial score (nSPS) is 10.1. The third-order valence-corrected chi connectivity index (χ3v) is 2.38. The summed E-state index contributed by atoms with van der Waals surface area (Å²) in [5, 5.41) is 7.21. The maximum atomic E-state index is 11.3. The zero-order valence-electron chi connectivity index (χ0n) is 11.3. The topological polar surface area (TPSA) is 73.5 Å². The first-order valence-corrected chi connectivity index (χ1v) is 6.22. The molecule has 104 valence electrons. The fourth-order valence-corrected chi connectivity index (χ4v) is 1.49. The molecule has 0 heterocycles. The SMILES string of the molecule is CCNC(=O)Nc1ccc(NN(C)CCC=O)cc1. The highest BCUT2D eigenvalue weighted by Crippen LogP contribution is 2.13. The number of carbonyl (C=O) groups is 2. The molecule has 0 aliphatic rings. The maximum Gasteiger partial charge on any atom is 0.319 e. The molecule has 0 aromatic heterocycles. The molecule has 1 rings (SSSR count). The lowest BCUT2D eigenvalue weighted by Crippen LogP contribution is -2.28. The van der Waals surface area contributed by atoms with E-state index in [1.807, 2.05) is 43.2 Å². The molecule has 0 saturated carbocycles. The molecule has 1 aromatic carbocycles. The minimum absolute atomic E-state index is 0.216. The van der Waals surface area contributed by atoms with Gasteiger partial charge in [0.1, 0.15) is 6.29 Å². The summed E-state index contributed by atoms with van der Waals surface area (Å²) in [6.45, 7) is 3.09. The van der Waals surface area contributed by atoms with E-state index in [9.17, 15) is 9.59 Å². The van der Waals surface area contributed by atoms with Crippen molar-refractivity contribution in [3.8, 4) is 0 Å². The molecule has 0 bridgehead atoms. The van der Waals surface area contributed by atoms with Gasteiger partial charge in [-0.25, -0.2) is 9.80 Å². The quantitative estimate of drug-likeness (QED) is 0.517. The van der Waals surface area contributed by atoms with Crippen LogP contribution < -0.4 is 16.1 Å². The highest BCUT2D eigenvalue weighted by atomic mass is 16.2. The van der Waals surface area contributed by atoms with Crippen molar-refractivity contribution < 1.29 is 9.59 Å². The second-order valence-electron chi connectivity index (χ2n) is 4.05. The van der Waals surface area contributed by atoms with Crippen molar-refractivity contribution in [1.82, 2.24) is 10.3 Å². The number of hydrogen-bond donors (Lipinski definition) is 3. The van der Waals surface area contributed by atoms with Gasteiger partial charge in [-0.05, 0) is 31.2 Å². The minimum Gasteiger partial charge on any atom is -0.338 e. The van der Waals surface area contributed by atoms with E-state index in [2.05, 4.69) is 16.1 Å². The molecule has 0 fully saturated rings. The Kier molecular flexibility index (Phi) is 6.38. The molecule has 6 nitrogen and oxygen atoms in total. The molecule has 0 saturated heterocycles. The molecular weight excluding hydrogens is 244 g/mol. The molecule has 3 N–H and O–H groups in total. The van der Waals surface area contributed by atoms with E-state index in [0.29, 0.717) is 19.5 Å². The second-order valence-corrected chi connectivity index (χ2v) is 4.05. The van der Waals surface area contributed by atoms with Crippen molar-refractivity contribution in [3.63, 3.8) is 0 Å². The van der Waals surface area contributed by atoms with E-state index in [4.69, 9.17) is 0 Å². The van der Waals surface area contributed by atoms with Crippen LogP contribution >= 0.6 is 0 Å². The smallest absolute Gasteiger partial charge is 0.319 e. The Bertz CT molecular complexity index is 406. The number of aldehydes is 1. The summed E-state index contributed by atoms with van der Waals surface area (Å²) < 4.78 is 0. The van der Waals surface area contributed by atoms with Crippen LogP contribution in [-0.2, 0) is 4.79 Å². The van der Waals surface area contributed by atoms with Crippen molar-refractivity contribution in [2.75, 3.05) is 30.9 Å². The van der Waals surface area contributed by atoms with Gasteiger partial charge < -0.3 is 20.9 Å². The lowest BCUT2D eigenvalue weighted by atomic mass is 10.3. The van der Waals surface area contributed by atoms with Gasteiger partial charge in [0, 0.05) is 37.9 Å². The number of nitrogens with one attached hydrogen (secondary N) is 3. The number of amides is 2. The van der Waals surface area contributed by atoms with Crippen LogP contribution in [0.1, 0.15) is 13.3 Å². The summed E-state index contributed by atoms with van der Waals surface area (Å²) in [5.74, 6) is 0. The van der Waals surface area contributed by atoms with Crippen molar-refractivity contribution in [2.45, 2.75) is 13.3 Å². The van der Waals surface area contributed by atoms with Crippen LogP contribution in [0.15, 0.2) is 24.3 Å². The first kappa shape index (κ1) is 15.0. The zero-order valence-corrected chi connectivity index (χ0v) is 11.3. The summed E-state index contributed by atoms with van der Waals surface area (Å²) in [5.41, 5.74) is 4.76. The van der Waals surface area contributed by atoms with E-state index < -0.39 is 0 Å². The highest BCUT2D eigenvalue weighted by Gasteiger charge is 2.01. The summed E-state index contributed by atoms with van der Waals surface area (Å²) >= 11 is 0. The number of benzene rings is 1. The molecule has 0 unspecified atom stereocenters. The van der Waals surface area contributed by atoms with Gasteiger partial charge in [-0.1, -0.05) is 0 Å². The van der Waals surface area contributed by atoms with Crippen molar-refractivity contribution in [2.24, 2.45) is 0 Å². The fourth-order valence-electron chi connectivity index (χ4n) is 1.49. The van der Waals surface area contributed by atoms with Crippen molar-refractivity contribution >= 4 is 23.7 Å². The van der Waals surface area contributed by atoms with Crippen LogP contribution in [0, 0.1) is 0 Å². The molecule has 0 radical (unpaired) electrons. The van der Waals surface area contributed by atoms with Gasteiger partial charge >= 0.3 is 6.03 Å². The Hall–Kier alpha value is -2.08. The van der Waals surface area contributed by atoms with Gasteiger partial charge in [0.25, 0.3) is 0 Å². The maximum absolute atomic E-state index is 11.3. The molecule has 1 aromatic rings. The third-order valence-electron chi connectivity index (χ3n) is 2.38. The summed E-state index contributed by atoms with van der Waals surface area (Å²) in [6, 6.07) is 7.13. The number of nitrogens with zero attached hydrogens (tertiary/aromatic N) is 1. The lowest BCUT2D eigenvalue weighted by molar-refractivity contribution is -0.108. The molecule has 19 heavy (non-hydrogen) atoms. The monoisotopic (exact) mass is 264 g/mol. The van der Waals surface area contributed by atoms with Crippen LogP contribution in [0.2, 0.25) is 0 Å². The minimum atomic E-state index is -0.216. The van der Waals surface area contributed by atoms with E-state index >= 15 is 0 Å². The Morgan fingerprint density at radius 1 is 1.26 bits per heavy atom. The first-order valence-electron chi connectivity index (χ1n) is 6.22. The number of urea groups is 1. The average Bonchev–Trinajstić information content (AvgIpc) is 2.39. The molecular formula is C13H20N4O2.